The van der Waals surface area contributed by atoms with E-state index in [1.165, 1.54) is 37.5 Å². The van der Waals surface area contributed by atoms with Gasteiger partial charge in [-0.25, -0.2) is 14.0 Å². The molecule has 0 unspecified atom stereocenters. The predicted molar refractivity (Wildman–Crippen MR) is 116 cm³/mol. The van der Waals surface area contributed by atoms with Crippen LogP contribution < -0.4 is 14.2 Å². The average molecular weight is 446 g/mol. The third-order valence-corrected chi connectivity index (χ3v) is 4.31. The van der Waals surface area contributed by atoms with Gasteiger partial charge in [0.1, 0.15) is 11.6 Å². The number of methoxy groups -OCH3 is 1. The van der Waals surface area contributed by atoms with Crippen LogP contribution in [0, 0.1) is 5.82 Å². The van der Waals surface area contributed by atoms with Crippen LogP contribution in [0.5, 0.6) is 17.2 Å². The first-order valence-corrected chi connectivity index (χ1v) is 10.0. The molecule has 0 amide bonds. The van der Waals surface area contributed by atoms with Crippen molar-refractivity contribution in [2.45, 2.75) is 32.3 Å². The number of benzene rings is 2. The van der Waals surface area contributed by atoms with Crippen molar-refractivity contribution in [1.29, 1.82) is 0 Å². The highest BCUT2D eigenvalue weighted by atomic mass is 19.1. The molecule has 0 spiro atoms. The Balaban J connectivity index is 1.73. The van der Waals surface area contributed by atoms with Gasteiger partial charge in [0.15, 0.2) is 17.1 Å². The van der Waals surface area contributed by atoms with E-state index in [0.717, 1.165) is 6.08 Å². The van der Waals surface area contributed by atoms with Crippen LogP contribution in [-0.2, 0) is 14.3 Å². The molecule has 8 heteroatoms. The molecule has 2 rings (SSSR count). The molecule has 2 aromatic rings. The maximum absolute atomic E-state index is 13.0. The minimum absolute atomic E-state index is 0.203. The molecule has 32 heavy (non-hydrogen) atoms. The fourth-order valence-corrected chi connectivity index (χ4v) is 2.64. The van der Waals surface area contributed by atoms with Crippen molar-refractivity contribution in [1.82, 2.24) is 0 Å². The Labute approximate surface area is 186 Å². The second-order valence-corrected chi connectivity index (χ2v) is 7.34. The number of hydrogen-bond donors (Lipinski definition) is 1. The van der Waals surface area contributed by atoms with Gasteiger partial charge in [-0.05, 0) is 74.7 Å². The second kappa shape index (κ2) is 11.7. The summed E-state index contributed by atoms with van der Waals surface area (Å²) in [5.41, 5.74) is -0.535. The fraction of sp³-hybridized carbons (Fsp3) is 0.333. The number of carboxylic acid groups (broad SMARTS) is 1. The van der Waals surface area contributed by atoms with Gasteiger partial charge >= 0.3 is 11.9 Å². The van der Waals surface area contributed by atoms with Crippen LogP contribution in [0.2, 0.25) is 0 Å². The molecule has 0 radical (unpaired) electrons. The minimum atomic E-state index is -1.21. The summed E-state index contributed by atoms with van der Waals surface area (Å²) in [6.07, 6.45) is 3.73. The van der Waals surface area contributed by atoms with Crippen LogP contribution >= 0.6 is 0 Å². The summed E-state index contributed by atoms with van der Waals surface area (Å²) >= 11 is 0. The maximum atomic E-state index is 13.0. The molecule has 1 N–H and O–H groups in total. The third kappa shape index (κ3) is 7.94. The summed E-state index contributed by atoms with van der Waals surface area (Å²) < 4.78 is 34.9. The smallest absolute Gasteiger partial charge is 0.349 e. The van der Waals surface area contributed by atoms with Gasteiger partial charge < -0.3 is 24.1 Å². The Morgan fingerprint density at radius 2 is 1.72 bits per heavy atom. The number of aliphatic carboxylic acids is 1. The molecule has 0 atom stereocenters. The van der Waals surface area contributed by atoms with E-state index >= 15 is 0 Å². The van der Waals surface area contributed by atoms with Crippen LogP contribution in [0.3, 0.4) is 0 Å². The van der Waals surface area contributed by atoms with E-state index in [4.69, 9.17) is 24.1 Å². The molecule has 0 aromatic heterocycles. The molecule has 0 aliphatic rings. The SMILES string of the molecule is COc1cc(/C=C/C(=O)O)ccc1OCCCCOC(=O)C(C)(C)Oc1ccc(F)cc1. The zero-order chi connectivity index (χ0) is 23.6. The number of ether oxygens (including phenoxy) is 4. The lowest BCUT2D eigenvalue weighted by Gasteiger charge is -2.24. The highest BCUT2D eigenvalue weighted by molar-refractivity contribution is 5.85. The van der Waals surface area contributed by atoms with Crippen LogP contribution in [0.4, 0.5) is 4.39 Å². The standard InChI is InChI=1S/C24H27FO7/c1-24(2,32-19-10-8-18(25)9-11-19)23(28)31-15-5-4-14-30-20-12-6-17(7-13-22(26)27)16-21(20)29-3/h6-13,16H,4-5,14-15H2,1-3H3,(H,26,27)/b13-7+. The Morgan fingerprint density at radius 3 is 2.38 bits per heavy atom. The van der Waals surface area contributed by atoms with Gasteiger partial charge in [-0.1, -0.05) is 6.07 Å². The number of halogens is 1. The van der Waals surface area contributed by atoms with Crippen molar-refractivity contribution in [3.05, 3.63) is 59.9 Å². The second-order valence-electron chi connectivity index (χ2n) is 7.34. The molecule has 2 aromatic carbocycles. The molecule has 0 saturated heterocycles. The molecule has 0 bridgehead atoms. The lowest BCUT2D eigenvalue weighted by atomic mass is 10.1. The Kier molecular flexibility index (Phi) is 9.07. The summed E-state index contributed by atoms with van der Waals surface area (Å²) in [7, 11) is 1.50. The fourth-order valence-electron chi connectivity index (χ4n) is 2.64. The van der Waals surface area contributed by atoms with Crippen molar-refractivity contribution in [3.8, 4) is 17.2 Å². The van der Waals surface area contributed by atoms with Crippen LogP contribution in [0.1, 0.15) is 32.3 Å². The molecule has 0 aliphatic carbocycles. The van der Waals surface area contributed by atoms with Crippen molar-refractivity contribution in [3.63, 3.8) is 0 Å². The topological polar surface area (TPSA) is 91.3 Å². The zero-order valence-corrected chi connectivity index (χ0v) is 18.3. The summed E-state index contributed by atoms with van der Waals surface area (Å²) in [6.45, 7) is 3.76. The number of hydrogen-bond acceptors (Lipinski definition) is 6. The van der Waals surface area contributed by atoms with E-state index in [2.05, 4.69) is 0 Å². The summed E-state index contributed by atoms with van der Waals surface area (Å²) in [4.78, 5) is 22.9. The van der Waals surface area contributed by atoms with E-state index in [1.54, 1.807) is 32.0 Å². The summed E-state index contributed by atoms with van der Waals surface area (Å²) in [5, 5.41) is 8.70. The van der Waals surface area contributed by atoms with E-state index < -0.39 is 17.5 Å². The Bertz CT molecular complexity index is 936. The number of carbonyl (C=O) groups excluding carboxylic acids is 1. The van der Waals surface area contributed by atoms with E-state index in [0.29, 0.717) is 42.3 Å². The van der Waals surface area contributed by atoms with Gasteiger partial charge in [0.25, 0.3) is 0 Å². The quantitative estimate of drug-likeness (QED) is 0.292. The molecule has 172 valence electrons. The predicted octanol–water partition coefficient (Wildman–Crippen LogP) is 4.49. The number of esters is 1. The summed E-state index contributed by atoms with van der Waals surface area (Å²) in [6, 6.07) is 10.5. The lowest BCUT2D eigenvalue weighted by Crippen LogP contribution is -2.39. The van der Waals surface area contributed by atoms with Crippen molar-refractivity contribution >= 4 is 18.0 Å². The summed E-state index contributed by atoms with van der Waals surface area (Å²) in [5.74, 6) is -0.539. The molecular formula is C24H27FO7. The number of rotatable bonds is 12. The van der Waals surface area contributed by atoms with Gasteiger partial charge in [0, 0.05) is 6.08 Å². The van der Waals surface area contributed by atoms with E-state index in [-0.39, 0.29) is 12.4 Å². The van der Waals surface area contributed by atoms with Crippen LogP contribution in [-0.4, -0.2) is 43.0 Å². The first-order valence-electron chi connectivity index (χ1n) is 10.0. The van der Waals surface area contributed by atoms with E-state index in [9.17, 15) is 14.0 Å². The molecule has 7 nitrogen and oxygen atoms in total. The van der Waals surface area contributed by atoms with Crippen molar-refractivity contribution in [2.75, 3.05) is 20.3 Å². The lowest BCUT2D eigenvalue weighted by molar-refractivity contribution is -0.159. The zero-order valence-electron chi connectivity index (χ0n) is 18.3. The average Bonchev–Trinajstić information content (AvgIpc) is 2.76. The normalized spacial score (nSPS) is 11.2. The van der Waals surface area contributed by atoms with Gasteiger partial charge in [-0.3, -0.25) is 0 Å². The number of carbonyl (C=O) groups is 2. The molecule has 0 heterocycles. The van der Waals surface area contributed by atoms with Gasteiger partial charge in [0.05, 0.1) is 20.3 Å². The molecule has 0 aliphatic heterocycles. The van der Waals surface area contributed by atoms with Gasteiger partial charge in [0.2, 0.25) is 0 Å². The molecular weight excluding hydrogens is 419 g/mol. The Hall–Kier alpha value is -3.55. The first-order chi connectivity index (χ1) is 15.2. The Morgan fingerprint density at radius 1 is 1.03 bits per heavy atom. The maximum Gasteiger partial charge on any atom is 0.349 e. The van der Waals surface area contributed by atoms with E-state index in [1.807, 2.05) is 0 Å². The van der Waals surface area contributed by atoms with Gasteiger partial charge in [-0.2, -0.15) is 0 Å². The minimum Gasteiger partial charge on any atom is -0.493 e. The third-order valence-electron chi connectivity index (χ3n) is 4.31. The molecule has 0 saturated carbocycles. The van der Waals surface area contributed by atoms with Crippen LogP contribution in [0.15, 0.2) is 48.5 Å². The largest absolute Gasteiger partial charge is 0.493 e. The number of carboxylic acids is 1. The van der Waals surface area contributed by atoms with Gasteiger partial charge in [-0.15, -0.1) is 0 Å². The highest BCUT2D eigenvalue weighted by Crippen LogP contribution is 2.28. The monoisotopic (exact) mass is 446 g/mol. The van der Waals surface area contributed by atoms with Crippen molar-refractivity contribution in [2.24, 2.45) is 0 Å². The highest BCUT2D eigenvalue weighted by Gasteiger charge is 2.31. The van der Waals surface area contributed by atoms with Crippen molar-refractivity contribution < 1.29 is 38.0 Å². The number of unbranched alkanes of at least 4 members (excludes halogenated alkanes) is 1. The van der Waals surface area contributed by atoms with Crippen LogP contribution in [0.25, 0.3) is 6.08 Å². The first kappa shape index (κ1) is 24.7. The molecule has 0 fully saturated rings.